The van der Waals surface area contributed by atoms with E-state index in [0.717, 1.165) is 4.47 Å². The van der Waals surface area contributed by atoms with Gasteiger partial charge in [-0.05, 0) is 73.1 Å². The zero-order valence-electron chi connectivity index (χ0n) is 12.1. The quantitative estimate of drug-likeness (QED) is 0.429. The third-order valence-corrected chi connectivity index (χ3v) is 3.68. The largest absolute Gasteiger partial charge is 0.487 e. The highest BCUT2D eigenvalue weighted by molar-refractivity contribution is 9.10. The number of ether oxygens (including phenoxy) is 2. The molecule has 120 valence electrons. The summed E-state index contributed by atoms with van der Waals surface area (Å²) in [5.41, 5.74) is 0. The zero-order valence-corrected chi connectivity index (χ0v) is 15.2. The van der Waals surface area contributed by atoms with Crippen LogP contribution in [0.15, 0.2) is 59.1 Å². The lowest BCUT2D eigenvalue weighted by Crippen LogP contribution is -2.08. The molecule has 0 saturated heterocycles. The van der Waals surface area contributed by atoms with Gasteiger partial charge in [-0.1, -0.05) is 27.5 Å². The first-order chi connectivity index (χ1) is 10.9. The van der Waals surface area contributed by atoms with Crippen molar-refractivity contribution in [2.45, 2.75) is 13.0 Å². The molecule has 6 heteroatoms. The predicted molar refractivity (Wildman–Crippen MR) is 95.8 cm³/mol. The molecule has 2 rings (SSSR count). The minimum absolute atomic E-state index is 0.273. The van der Waals surface area contributed by atoms with E-state index in [0.29, 0.717) is 22.3 Å². The van der Waals surface area contributed by atoms with Gasteiger partial charge in [0.15, 0.2) is 0 Å². The number of carbonyl (C=O) groups excluding carboxylic acids is 1. The summed E-state index contributed by atoms with van der Waals surface area (Å²) in [6, 6.07) is 12.5. The van der Waals surface area contributed by atoms with Gasteiger partial charge in [0, 0.05) is 4.47 Å². The topological polar surface area (TPSA) is 35.5 Å². The molecule has 0 heterocycles. The normalized spacial score (nSPS) is 12.2. The van der Waals surface area contributed by atoms with E-state index in [9.17, 15) is 4.79 Å². The van der Waals surface area contributed by atoms with E-state index in [1.54, 1.807) is 42.5 Å². The van der Waals surface area contributed by atoms with Crippen molar-refractivity contribution < 1.29 is 14.3 Å². The first kappa shape index (κ1) is 17.9. The van der Waals surface area contributed by atoms with E-state index in [1.165, 1.54) is 6.08 Å². The van der Waals surface area contributed by atoms with Gasteiger partial charge in [0.05, 0.1) is 5.02 Å². The van der Waals surface area contributed by atoms with Crippen LogP contribution in [0, 0.1) is 0 Å². The van der Waals surface area contributed by atoms with Gasteiger partial charge in [-0.15, -0.1) is 0 Å². The molecule has 0 aromatic heterocycles. The van der Waals surface area contributed by atoms with Crippen molar-refractivity contribution in [3.8, 4) is 17.2 Å². The summed E-state index contributed by atoms with van der Waals surface area (Å²) in [6.45, 7) is 1.81. The Hall–Kier alpha value is -1.49. The predicted octanol–water partition coefficient (Wildman–Crippen LogP) is 5.98. The molecule has 0 bridgehead atoms. The van der Waals surface area contributed by atoms with Crippen molar-refractivity contribution in [3.05, 3.63) is 64.1 Å². The fourth-order valence-corrected chi connectivity index (χ4v) is 2.52. The molecule has 0 N–H and O–H groups in total. The number of hydrogen-bond donors (Lipinski definition) is 0. The van der Waals surface area contributed by atoms with Gasteiger partial charge < -0.3 is 9.47 Å². The van der Waals surface area contributed by atoms with E-state index >= 15 is 0 Å². The second-order valence-electron chi connectivity index (χ2n) is 4.63. The van der Waals surface area contributed by atoms with Crippen molar-refractivity contribution in [2.24, 2.45) is 0 Å². The van der Waals surface area contributed by atoms with Crippen LogP contribution in [0.25, 0.3) is 0 Å². The summed E-state index contributed by atoms with van der Waals surface area (Å²) < 4.78 is 12.2. The molecule has 0 radical (unpaired) electrons. The summed E-state index contributed by atoms with van der Waals surface area (Å²) >= 11 is 14.7. The number of benzene rings is 2. The lowest BCUT2D eigenvalue weighted by Gasteiger charge is -2.12. The van der Waals surface area contributed by atoms with Crippen LogP contribution < -0.4 is 9.47 Å². The van der Waals surface area contributed by atoms with Crippen LogP contribution in [-0.2, 0) is 4.79 Å². The van der Waals surface area contributed by atoms with Crippen molar-refractivity contribution in [3.63, 3.8) is 0 Å². The van der Waals surface area contributed by atoms with Crippen molar-refractivity contribution in [2.75, 3.05) is 0 Å². The van der Waals surface area contributed by atoms with Crippen LogP contribution >= 0.6 is 39.1 Å². The van der Waals surface area contributed by atoms with Crippen LogP contribution in [0.4, 0.5) is 0 Å². The molecule has 0 amide bonds. The second-order valence-corrected chi connectivity index (χ2v) is 6.33. The Morgan fingerprint density at radius 1 is 1.17 bits per heavy atom. The summed E-state index contributed by atoms with van der Waals surface area (Å²) in [4.78, 5) is 10.7. The summed E-state index contributed by atoms with van der Waals surface area (Å²) in [5.74, 6) is 1.86. The van der Waals surface area contributed by atoms with E-state index in [-0.39, 0.29) is 6.10 Å². The third-order valence-electron chi connectivity index (χ3n) is 2.77. The van der Waals surface area contributed by atoms with E-state index in [4.69, 9.17) is 32.7 Å². The monoisotopic (exact) mass is 414 g/mol. The van der Waals surface area contributed by atoms with Crippen LogP contribution in [0.2, 0.25) is 5.02 Å². The smallest absolute Gasteiger partial charge is 0.244 e. The second kappa shape index (κ2) is 8.39. The number of rotatable bonds is 6. The molecule has 0 spiro atoms. The maximum Gasteiger partial charge on any atom is 0.244 e. The van der Waals surface area contributed by atoms with Gasteiger partial charge in [-0.2, -0.15) is 0 Å². The van der Waals surface area contributed by atoms with E-state index in [2.05, 4.69) is 15.9 Å². The summed E-state index contributed by atoms with van der Waals surface area (Å²) in [6.07, 6.45) is 2.58. The van der Waals surface area contributed by atoms with Gasteiger partial charge in [0.1, 0.15) is 23.4 Å². The molecule has 0 saturated carbocycles. The standard InChI is InChI=1S/C17H13BrCl2O3/c1-11(2-9-17(20)21)22-13-4-6-14(7-5-13)23-16-8-3-12(18)10-15(16)19/h2-11H,1H3. The van der Waals surface area contributed by atoms with Crippen molar-refractivity contribution in [1.82, 2.24) is 0 Å². The van der Waals surface area contributed by atoms with Gasteiger partial charge in [-0.25, -0.2) is 0 Å². The maximum atomic E-state index is 10.7. The lowest BCUT2D eigenvalue weighted by molar-refractivity contribution is -0.107. The minimum Gasteiger partial charge on any atom is -0.487 e. The lowest BCUT2D eigenvalue weighted by atomic mass is 10.3. The average Bonchev–Trinajstić information content (AvgIpc) is 2.50. The van der Waals surface area contributed by atoms with Crippen LogP contribution in [0.5, 0.6) is 17.2 Å². The van der Waals surface area contributed by atoms with Gasteiger partial charge in [-0.3, -0.25) is 4.79 Å². The van der Waals surface area contributed by atoms with Crippen LogP contribution in [0.1, 0.15) is 6.92 Å². The molecule has 2 aromatic carbocycles. The highest BCUT2D eigenvalue weighted by Crippen LogP contribution is 2.32. The summed E-state index contributed by atoms with van der Waals surface area (Å²) in [7, 11) is 0. The Labute approximate surface area is 152 Å². The molecule has 3 nitrogen and oxygen atoms in total. The molecular formula is C17H13BrCl2O3. The Morgan fingerprint density at radius 3 is 2.43 bits per heavy atom. The molecule has 0 aliphatic heterocycles. The Morgan fingerprint density at radius 2 is 1.83 bits per heavy atom. The van der Waals surface area contributed by atoms with Gasteiger partial charge >= 0.3 is 0 Å². The number of hydrogen-bond acceptors (Lipinski definition) is 3. The molecule has 0 fully saturated rings. The van der Waals surface area contributed by atoms with Gasteiger partial charge in [0.2, 0.25) is 5.24 Å². The first-order valence-electron chi connectivity index (χ1n) is 6.71. The molecule has 1 atom stereocenters. The van der Waals surface area contributed by atoms with Crippen molar-refractivity contribution in [1.29, 1.82) is 0 Å². The first-order valence-corrected chi connectivity index (χ1v) is 8.26. The highest BCUT2D eigenvalue weighted by Gasteiger charge is 2.05. The SMILES string of the molecule is CC(C=CC(=O)Cl)Oc1ccc(Oc2ccc(Br)cc2Cl)cc1. The average molecular weight is 416 g/mol. The molecule has 0 aliphatic rings. The number of carbonyl (C=O) groups is 1. The zero-order chi connectivity index (χ0) is 16.8. The molecule has 2 aromatic rings. The Bertz CT molecular complexity index is 714. The fraction of sp³-hybridized carbons (Fsp3) is 0.118. The van der Waals surface area contributed by atoms with Crippen molar-refractivity contribution >= 4 is 44.4 Å². The highest BCUT2D eigenvalue weighted by atomic mass is 79.9. The molecular weight excluding hydrogens is 403 g/mol. The van der Waals surface area contributed by atoms with Crippen LogP contribution in [0.3, 0.4) is 0 Å². The molecule has 1 unspecified atom stereocenters. The van der Waals surface area contributed by atoms with Crippen LogP contribution in [-0.4, -0.2) is 11.3 Å². The molecule has 0 aliphatic carbocycles. The number of allylic oxidation sites excluding steroid dienone is 1. The van der Waals surface area contributed by atoms with E-state index < -0.39 is 5.24 Å². The fourth-order valence-electron chi connectivity index (χ4n) is 1.74. The third kappa shape index (κ3) is 5.90. The Balaban J connectivity index is 2.00. The number of halogens is 3. The Kier molecular flexibility index (Phi) is 6.51. The van der Waals surface area contributed by atoms with E-state index in [1.807, 2.05) is 13.0 Å². The summed E-state index contributed by atoms with van der Waals surface area (Å²) in [5, 5.41) is -0.0141. The maximum absolute atomic E-state index is 10.7. The van der Waals surface area contributed by atoms with Gasteiger partial charge in [0.25, 0.3) is 0 Å². The minimum atomic E-state index is -0.532. The molecule has 23 heavy (non-hydrogen) atoms.